The molecule has 0 amide bonds. The van der Waals surface area contributed by atoms with E-state index in [-0.39, 0.29) is 5.41 Å². The Morgan fingerprint density at radius 2 is 2.30 bits per heavy atom. The van der Waals surface area contributed by atoms with Crippen LogP contribution in [-0.2, 0) is 16.6 Å². The van der Waals surface area contributed by atoms with Crippen LogP contribution in [0.25, 0.3) is 0 Å². The van der Waals surface area contributed by atoms with Crippen molar-refractivity contribution in [3.05, 3.63) is 29.3 Å². The Kier molecular flexibility index (Phi) is 2.68. The zero-order valence-corrected chi connectivity index (χ0v) is 11.9. The number of ether oxygens (including phenoxy) is 1. The first-order chi connectivity index (χ1) is 9.74. The van der Waals surface area contributed by atoms with Crippen molar-refractivity contribution >= 4 is 5.78 Å². The van der Waals surface area contributed by atoms with E-state index in [1.54, 1.807) is 7.11 Å². The third-order valence-corrected chi connectivity index (χ3v) is 5.69. The van der Waals surface area contributed by atoms with Crippen LogP contribution in [0.15, 0.2) is 18.2 Å². The summed E-state index contributed by atoms with van der Waals surface area (Å²) < 4.78 is 5.65. The molecule has 0 spiro atoms. The van der Waals surface area contributed by atoms with Crippen molar-refractivity contribution in [2.75, 3.05) is 13.7 Å². The number of rotatable bonds is 1. The maximum absolute atomic E-state index is 12.2. The summed E-state index contributed by atoms with van der Waals surface area (Å²) in [6.07, 6.45) is 4.65. The number of hydrogen-bond acceptors (Lipinski definition) is 3. The SMILES string of the molecule is COc1cccc2c1[C@]13CCN[C@H](C2)[C@@H]1CCC(=O)C3. The second kappa shape index (κ2) is 4.32. The molecule has 1 N–H and O–H groups in total. The third kappa shape index (κ3) is 1.53. The van der Waals surface area contributed by atoms with Crippen molar-refractivity contribution in [2.45, 2.75) is 43.6 Å². The second-order valence-electron chi connectivity index (χ2n) is 6.53. The molecule has 1 aromatic carbocycles. The number of piperidine rings is 1. The van der Waals surface area contributed by atoms with Crippen LogP contribution in [0, 0.1) is 5.92 Å². The van der Waals surface area contributed by atoms with Crippen LogP contribution < -0.4 is 10.1 Å². The van der Waals surface area contributed by atoms with E-state index in [1.807, 2.05) is 0 Å². The highest BCUT2D eigenvalue weighted by molar-refractivity contribution is 5.82. The number of benzene rings is 1. The van der Waals surface area contributed by atoms with Crippen molar-refractivity contribution in [2.24, 2.45) is 5.92 Å². The van der Waals surface area contributed by atoms with Gasteiger partial charge in [0.25, 0.3) is 0 Å². The van der Waals surface area contributed by atoms with E-state index in [2.05, 4.69) is 23.5 Å². The predicted molar refractivity (Wildman–Crippen MR) is 77.1 cm³/mol. The van der Waals surface area contributed by atoms with E-state index in [0.29, 0.717) is 24.2 Å². The monoisotopic (exact) mass is 271 g/mol. The van der Waals surface area contributed by atoms with Gasteiger partial charge >= 0.3 is 0 Å². The van der Waals surface area contributed by atoms with Gasteiger partial charge in [-0.15, -0.1) is 0 Å². The number of Topliss-reactive ketones (excluding diaryl/α,β-unsaturated/α-hetero) is 1. The highest BCUT2D eigenvalue weighted by Crippen LogP contribution is 2.55. The molecule has 0 radical (unpaired) electrons. The summed E-state index contributed by atoms with van der Waals surface area (Å²) in [6, 6.07) is 6.90. The van der Waals surface area contributed by atoms with E-state index in [4.69, 9.17) is 4.74 Å². The molecule has 3 heteroatoms. The second-order valence-corrected chi connectivity index (χ2v) is 6.53. The number of ketones is 1. The molecule has 3 aliphatic rings. The summed E-state index contributed by atoms with van der Waals surface area (Å²) in [5.41, 5.74) is 2.76. The molecule has 1 heterocycles. The van der Waals surface area contributed by atoms with Gasteiger partial charge < -0.3 is 10.1 Å². The van der Waals surface area contributed by atoms with Gasteiger partial charge in [0.15, 0.2) is 0 Å². The van der Waals surface area contributed by atoms with E-state index in [1.165, 1.54) is 11.1 Å². The molecular weight excluding hydrogens is 250 g/mol. The minimum atomic E-state index is 0.0332. The number of methoxy groups -OCH3 is 1. The van der Waals surface area contributed by atoms with Gasteiger partial charge in [0.2, 0.25) is 0 Å². The van der Waals surface area contributed by atoms with Crippen molar-refractivity contribution in [1.29, 1.82) is 0 Å². The first kappa shape index (κ1) is 12.4. The number of fused-ring (bicyclic) bond motifs is 1. The Morgan fingerprint density at radius 1 is 1.40 bits per heavy atom. The Bertz CT molecular complexity index is 568. The third-order valence-electron chi connectivity index (χ3n) is 5.69. The van der Waals surface area contributed by atoms with Crippen LogP contribution in [0.3, 0.4) is 0 Å². The van der Waals surface area contributed by atoms with Crippen LogP contribution in [-0.4, -0.2) is 25.5 Å². The van der Waals surface area contributed by atoms with Gasteiger partial charge in [0.1, 0.15) is 11.5 Å². The first-order valence-electron chi connectivity index (χ1n) is 7.66. The molecule has 0 unspecified atom stereocenters. The molecule has 1 saturated carbocycles. The molecule has 0 aromatic heterocycles. The van der Waals surface area contributed by atoms with Crippen LogP contribution >= 0.6 is 0 Å². The fourth-order valence-electron chi connectivity index (χ4n) is 4.98. The minimum Gasteiger partial charge on any atom is -0.496 e. The lowest BCUT2D eigenvalue weighted by atomic mass is 9.52. The van der Waals surface area contributed by atoms with Crippen molar-refractivity contribution in [3.8, 4) is 5.75 Å². The zero-order valence-electron chi connectivity index (χ0n) is 11.9. The standard InChI is InChI=1S/C17H21NO2/c1-20-15-4-2-3-11-9-14-13-6-5-12(19)10-17(13,16(11)15)7-8-18-14/h2-4,13-14,18H,5-10H2,1H3/t13-,14+,17-/m0/s1. The Hall–Kier alpha value is -1.35. The smallest absolute Gasteiger partial charge is 0.133 e. The van der Waals surface area contributed by atoms with Crippen LogP contribution in [0.2, 0.25) is 0 Å². The van der Waals surface area contributed by atoms with Gasteiger partial charge in [-0.25, -0.2) is 0 Å². The quantitative estimate of drug-likeness (QED) is 0.851. The summed E-state index contributed by atoms with van der Waals surface area (Å²) in [4.78, 5) is 12.2. The zero-order chi connectivity index (χ0) is 13.7. The summed E-state index contributed by atoms with van der Waals surface area (Å²) in [7, 11) is 1.75. The highest BCUT2D eigenvalue weighted by Gasteiger charge is 2.54. The molecule has 2 fully saturated rings. The summed E-state index contributed by atoms with van der Waals surface area (Å²) in [5.74, 6) is 2.01. The molecular formula is C17H21NO2. The van der Waals surface area contributed by atoms with Gasteiger partial charge in [0.05, 0.1) is 7.11 Å². The Balaban J connectivity index is 1.94. The molecule has 3 atom stereocenters. The normalized spacial score (nSPS) is 35.1. The molecule has 106 valence electrons. The fourth-order valence-corrected chi connectivity index (χ4v) is 4.98. The molecule has 3 nitrogen and oxygen atoms in total. The van der Waals surface area contributed by atoms with Crippen molar-refractivity contribution < 1.29 is 9.53 Å². The van der Waals surface area contributed by atoms with Crippen molar-refractivity contribution in [1.82, 2.24) is 5.32 Å². The number of nitrogens with one attached hydrogen (secondary N) is 1. The number of carbonyl (C=O) groups excluding carboxylic acids is 1. The van der Waals surface area contributed by atoms with Gasteiger partial charge in [-0.2, -0.15) is 0 Å². The maximum atomic E-state index is 12.2. The molecule has 1 aromatic rings. The van der Waals surface area contributed by atoms with E-state index in [9.17, 15) is 4.79 Å². The lowest BCUT2D eigenvalue weighted by Crippen LogP contribution is -2.60. The van der Waals surface area contributed by atoms with Gasteiger partial charge in [-0.3, -0.25) is 4.79 Å². The lowest BCUT2D eigenvalue weighted by molar-refractivity contribution is -0.125. The lowest BCUT2D eigenvalue weighted by Gasteiger charge is -2.55. The van der Waals surface area contributed by atoms with Crippen LogP contribution in [0.4, 0.5) is 0 Å². The van der Waals surface area contributed by atoms with Gasteiger partial charge in [-0.05, 0) is 43.4 Å². The van der Waals surface area contributed by atoms with Gasteiger partial charge in [0, 0.05) is 29.9 Å². The summed E-state index contributed by atoms with van der Waals surface area (Å²) >= 11 is 0. The van der Waals surface area contributed by atoms with E-state index < -0.39 is 0 Å². The predicted octanol–water partition coefficient (Wildman–Crippen LogP) is 2.22. The molecule has 2 aliphatic carbocycles. The molecule has 20 heavy (non-hydrogen) atoms. The summed E-state index contributed by atoms with van der Waals surface area (Å²) in [5, 5.41) is 3.69. The topological polar surface area (TPSA) is 38.3 Å². The first-order valence-corrected chi connectivity index (χ1v) is 7.66. The molecule has 4 rings (SSSR count). The Labute approximate surface area is 119 Å². The summed E-state index contributed by atoms with van der Waals surface area (Å²) in [6.45, 7) is 1.02. The maximum Gasteiger partial charge on any atom is 0.133 e. The average Bonchev–Trinajstić information content (AvgIpc) is 2.45. The number of carbonyl (C=O) groups is 1. The van der Waals surface area contributed by atoms with Crippen molar-refractivity contribution in [3.63, 3.8) is 0 Å². The minimum absolute atomic E-state index is 0.0332. The van der Waals surface area contributed by atoms with E-state index in [0.717, 1.165) is 38.0 Å². The van der Waals surface area contributed by atoms with Gasteiger partial charge in [-0.1, -0.05) is 12.1 Å². The van der Waals surface area contributed by atoms with Crippen LogP contribution in [0.5, 0.6) is 5.75 Å². The molecule has 1 saturated heterocycles. The largest absolute Gasteiger partial charge is 0.496 e. The molecule has 2 bridgehead atoms. The number of hydrogen-bond donors (Lipinski definition) is 1. The van der Waals surface area contributed by atoms with E-state index >= 15 is 0 Å². The Morgan fingerprint density at radius 3 is 3.15 bits per heavy atom. The van der Waals surface area contributed by atoms with Crippen LogP contribution in [0.1, 0.15) is 36.8 Å². The highest BCUT2D eigenvalue weighted by atomic mass is 16.5. The average molecular weight is 271 g/mol. The molecule has 1 aliphatic heterocycles. The fraction of sp³-hybridized carbons (Fsp3) is 0.588.